The molecule has 1 saturated heterocycles. The van der Waals surface area contributed by atoms with E-state index in [9.17, 15) is 4.79 Å². The molecule has 0 atom stereocenters. The number of hydrogen-bond acceptors (Lipinski definition) is 3. The van der Waals surface area contributed by atoms with Crippen LogP contribution in [0.2, 0.25) is 0 Å². The van der Waals surface area contributed by atoms with E-state index in [2.05, 4.69) is 5.32 Å². The van der Waals surface area contributed by atoms with Gasteiger partial charge in [-0.05, 0) is 31.6 Å². The van der Waals surface area contributed by atoms with Gasteiger partial charge >= 0.3 is 0 Å². The molecule has 0 aliphatic carbocycles. The van der Waals surface area contributed by atoms with E-state index in [0.29, 0.717) is 26.3 Å². The molecule has 2 rings (SSSR count). The number of likely N-dealkylation sites (N-methyl/N-ethyl adjacent to an activating group) is 1. The van der Waals surface area contributed by atoms with Gasteiger partial charge in [0, 0.05) is 18.7 Å². The predicted octanol–water partition coefficient (Wildman–Crippen LogP) is 0.921. The normalized spacial score (nSPS) is 15.7. The van der Waals surface area contributed by atoms with Gasteiger partial charge in [-0.25, -0.2) is 0 Å². The molecule has 0 saturated carbocycles. The molecule has 1 amide bonds. The molecule has 1 aromatic rings. The summed E-state index contributed by atoms with van der Waals surface area (Å²) in [6, 6.07) is 7.87. The van der Waals surface area contributed by atoms with Crippen molar-refractivity contribution in [3.8, 4) is 0 Å². The summed E-state index contributed by atoms with van der Waals surface area (Å²) in [6.07, 6.45) is 0.878. The van der Waals surface area contributed by atoms with Crippen molar-refractivity contribution >= 4 is 5.91 Å². The van der Waals surface area contributed by atoms with Gasteiger partial charge in [0.2, 0.25) is 0 Å². The Bertz CT molecular complexity index is 401. The summed E-state index contributed by atoms with van der Waals surface area (Å²) >= 11 is 0. The van der Waals surface area contributed by atoms with E-state index in [-0.39, 0.29) is 5.91 Å². The summed E-state index contributed by atoms with van der Waals surface area (Å²) < 4.78 is 5.28. The number of carbonyl (C=O) groups excluding carboxylic acids is 1. The maximum absolute atomic E-state index is 12.4. The van der Waals surface area contributed by atoms with Crippen molar-refractivity contribution in [3.05, 3.63) is 35.4 Å². The Balaban J connectivity index is 2.12. The molecular weight excluding hydrogens is 228 g/mol. The lowest BCUT2D eigenvalue weighted by atomic mass is 10.0. The van der Waals surface area contributed by atoms with Crippen LogP contribution >= 0.6 is 0 Å². The van der Waals surface area contributed by atoms with Gasteiger partial charge in [0.05, 0.1) is 13.2 Å². The van der Waals surface area contributed by atoms with Crippen molar-refractivity contribution in [3.63, 3.8) is 0 Å². The molecule has 1 aromatic carbocycles. The third kappa shape index (κ3) is 3.09. The lowest BCUT2D eigenvalue weighted by molar-refractivity contribution is 0.0302. The van der Waals surface area contributed by atoms with E-state index >= 15 is 0 Å². The van der Waals surface area contributed by atoms with Crippen molar-refractivity contribution in [1.29, 1.82) is 0 Å². The van der Waals surface area contributed by atoms with Crippen molar-refractivity contribution in [2.45, 2.75) is 6.42 Å². The first kappa shape index (κ1) is 13.1. The lowest BCUT2D eigenvalue weighted by Gasteiger charge is -2.27. The molecule has 1 aliphatic heterocycles. The zero-order valence-corrected chi connectivity index (χ0v) is 10.8. The Hall–Kier alpha value is -1.39. The zero-order valence-electron chi connectivity index (χ0n) is 10.8. The molecule has 4 nitrogen and oxygen atoms in total. The molecule has 1 fully saturated rings. The molecule has 0 unspecified atom stereocenters. The van der Waals surface area contributed by atoms with Crippen LogP contribution in [0, 0.1) is 0 Å². The Morgan fingerprint density at radius 3 is 2.78 bits per heavy atom. The van der Waals surface area contributed by atoms with Crippen molar-refractivity contribution in [1.82, 2.24) is 10.2 Å². The third-order valence-corrected chi connectivity index (χ3v) is 3.19. The van der Waals surface area contributed by atoms with E-state index in [1.165, 1.54) is 0 Å². The minimum absolute atomic E-state index is 0.130. The molecule has 0 bridgehead atoms. The minimum atomic E-state index is 0.130. The summed E-state index contributed by atoms with van der Waals surface area (Å²) in [5, 5.41) is 3.12. The number of ether oxygens (including phenoxy) is 1. The van der Waals surface area contributed by atoms with E-state index in [1.807, 2.05) is 36.2 Å². The van der Waals surface area contributed by atoms with Crippen molar-refractivity contribution in [2.24, 2.45) is 0 Å². The molecule has 98 valence electrons. The third-order valence-electron chi connectivity index (χ3n) is 3.19. The van der Waals surface area contributed by atoms with Gasteiger partial charge < -0.3 is 15.0 Å². The van der Waals surface area contributed by atoms with E-state index < -0.39 is 0 Å². The van der Waals surface area contributed by atoms with Gasteiger partial charge in [-0.3, -0.25) is 4.79 Å². The van der Waals surface area contributed by atoms with Gasteiger partial charge in [-0.1, -0.05) is 18.2 Å². The molecule has 0 spiro atoms. The first-order valence-electron chi connectivity index (χ1n) is 6.42. The molecule has 4 heteroatoms. The average Bonchev–Trinajstić information content (AvgIpc) is 2.45. The predicted molar refractivity (Wildman–Crippen MR) is 70.8 cm³/mol. The highest BCUT2D eigenvalue weighted by atomic mass is 16.5. The number of nitrogens with one attached hydrogen (secondary N) is 1. The summed E-state index contributed by atoms with van der Waals surface area (Å²) in [7, 11) is 1.92. The molecule has 1 N–H and O–H groups in total. The fraction of sp³-hybridized carbons (Fsp3) is 0.500. The molecule has 0 aromatic heterocycles. The molecule has 18 heavy (non-hydrogen) atoms. The largest absolute Gasteiger partial charge is 0.378 e. The van der Waals surface area contributed by atoms with Crippen LogP contribution in [-0.4, -0.2) is 50.7 Å². The lowest BCUT2D eigenvalue weighted by Crippen LogP contribution is -2.41. The van der Waals surface area contributed by atoms with Crippen LogP contribution in [0.25, 0.3) is 0 Å². The highest BCUT2D eigenvalue weighted by molar-refractivity contribution is 5.95. The first-order valence-corrected chi connectivity index (χ1v) is 6.42. The smallest absolute Gasteiger partial charge is 0.254 e. The Morgan fingerprint density at radius 1 is 1.33 bits per heavy atom. The molecule has 1 aliphatic rings. The molecule has 1 heterocycles. The van der Waals surface area contributed by atoms with E-state index in [4.69, 9.17) is 4.74 Å². The Morgan fingerprint density at radius 2 is 2.06 bits per heavy atom. The molecule has 0 radical (unpaired) electrons. The highest BCUT2D eigenvalue weighted by Crippen LogP contribution is 2.13. The second-order valence-corrected chi connectivity index (χ2v) is 4.42. The average molecular weight is 248 g/mol. The Labute approximate surface area is 108 Å². The summed E-state index contributed by atoms with van der Waals surface area (Å²) in [4.78, 5) is 14.3. The topological polar surface area (TPSA) is 41.6 Å². The van der Waals surface area contributed by atoms with Crippen LogP contribution in [0.5, 0.6) is 0 Å². The summed E-state index contributed by atoms with van der Waals surface area (Å²) in [6.45, 7) is 3.56. The van der Waals surface area contributed by atoms with Gasteiger partial charge in [0.15, 0.2) is 0 Å². The number of rotatable bonds is 4. The van der Waals surface area contributed by atoms with Crippen molar-refractivity contribution < 1.29 is 9.53 Å². The fourth-order valence-corrected chi connectivity index (χ4v) is 2.14. The minimum Gasteiger partial charge on any atom is -0.378 e. The van der Waals surface area contributed by atoms with E-state index in [0.717, 1.165) is 24.1 Å². The summed E-state index contributed by atoms with van der Waals surface area (Å²) in [5.74, 6) is 0.130. The number of carbonyl (C=O) groups is 1. The zero-order chi connectivity index (χ0) is 12.8. The van der Waals surface area contributed by atoms with Gasteiger partial charge in [-0.15, -0.1) is 0 Å². The Kier molecular flexibility index (Phi) is 4.73. The number of nitrogens with zero attached hydrogens (tertiary/aromatic N) is 1. The van der Waals surface area contributed by atoms with Crippen LogP contribution in [-0.2, 0) is 11.2 Å². The maximum atomic E-state index is 12.4. The molecular formula is C14H20N2O2. The SMILES string of the molecule is CNCCc1ccccc1C(=O)N1CCOCC1. The summed E-state index contributed by atoms with van der Waals surface area (Å²) in [5.41, 5.74) is 1.94. The second-order valence-electron chi connectivity index (χ2n) is 4.42. The maximum Gasteiger partial charge on any atom is 0.254 e. The van der Waals surface area contributed by atoms with E-state index in [1.54, 1.807) is 0 Å². The van der Waals surface area contributed by atoms with Crippen LogP contribution < -0.4 is 5.32 Å². The quantitative estimate of drug-likeness (QED) is 0.861. The number of hydrogen-bond donors (Lipinski definition) is 1. The number of amides is 1. The number of benzene rings is 1. The van der Waals surface area contributed by atoms with Gasteiger partial charge in [-0.2, -0.15) is 0 Å². The highest BCUT2D eigenvalue weighted by Gasteiger charge is 2.20. The monoisotopic (exact) mass is 248 g/mol. The van der Waals surface area contributed by atoms with Crippen LogP contribution in [0.15, 0.2) is 24.3 Å². The first-order chi connectivity index (χ1) is 8.83. The van der Waals surface area contributed by atoms with Gasteiger partial charge in [0.1, 0.15) is 0 Å². The second kappa shape index (κ2) is 6.52. The van der Waals surface area contributed by atoms with Crippen LogP contribution in [0.1, 0.15) is 15.9 Å². The number of morpholine rings is 1. The van der Waals surface area contributed by atoms with Crippen molar-refractivity contribution in [2.75, 3.05) is 39.9 Å². The standard InChI is InChI=1S/C14H20N2O2/c1-15-7-6-12-4-2-3-5-13(12)14(17)16-8-10-18-11-9-16/h2-5,15H,6-11H2,1H3. The van der Waals surface area contributed by atoms with Crippen LogP contribution in [0.3, 0.4) is 0 Å². The van der Waals surface area contributed by atoms with Gasteiger partial charge in [0.25, 0.3) is 5.91 Å². The fourth-order valence-electron chi connectivity index (χ4n) is 2.14. The van der Waals surface area contributed by atoms with Crippen LogP contribution in [0.4, 0.5) is 0 Å².